The molecule has 0 bridgehead atoms. The normalized spacial score (nSPS) is 11.8. The fraction of sp³-hybridized carbons (Fsp3) is 0.0312. The lowest BCUT2D eigenvalue weighted by Gasteiger charge is -2.16. The number of benzene rings is 4. The van der Waals surface area contributed by atoms with Crippen LogP contribution in [0.1, 0.15) is 16.4 Å². The van der Waals surface area contributed by atoms with E-state index in [1.54, 1.807) is 24.3 Å². The van der Waals surface area contributed by atoms with Crippen LogP contribution in [0.3, 0.4) is 0 Å². The Labute approximate surface area is 256 Å². The van der Waals surface area contributed by atoms with Gasteiger partial charge in [-0.2, -0.15) is 0 Å². The smallest absolute Gasteiger partial charge is 0.248 e. The number of anilines is 2. The highest BCUT2D eigenvalue weighted by molar-refractivity contribution is 8.00. The molecule has 0 aliphatic rings. The number of carbonyl (C=O) groups excluding carboxylic acids is 2. The molecule has 2 amide bonds. The minimum atomic E-state index is -0.531. The highest BCUT2D eigenvalue weighted by Crippen LogP contribution is 2.38. The number of aromatic nitrogens is 1. The molecule has 1 unspecified atom stereocenters. The Morgan fingerprint density at radius 1 is 0.854 bits per heavy atom. The van der Waals surface area contributed by atoms with Gasteiger partial charge in [0.1, 0.15) is 5.25 Å². The molecule has 0 fully saturated rings. The molecule has 1 heterocycles. The van der Waals surface area contributed by atoms with Gasteiger partial charge in [0.25, 0.3) is 0 Å². The summed E-state index contributed by atoms with van der Waals surface area (Å²) in [5.41, 5.74) is 3.86. The van der Waals surface area contributed by atoms with E-state index in [1.807, 2.05) is 90.3 Å². The van der Waals surface area contributed by atoms with Gasteiger partial charge in [0.15, 0.2) is 5.13 Å². The van der Waals surface area contributed by atoms with Gasteiger partial charge in [-0.15, -0.1) is 23.1 Å². The van der Waals surface area contributed by atoms with Gasteiger partial charge in [-0.05, 0) is 59.7 Å². The lowest BCUT2D eigenvalue weighted by atomic mass is 10.1. The van der Waals surface area contributed by atoms with E-state index in [2.05, 4.69) is 15.6 Å². The molecule has 4 aromatic carbocycles. The molecule has 5 rings (SSSR count). The van der Waals surface area contributed by atoms with Crippen LogP contribution >= 0.6 is 46.3 Å². The minimum absolute atomic E-state index is 0.201. The second-order valence-corrected chi connectivity index (χ2v) is 11.7. The third-order valence-electron chi connectivity index (χ3n) is 5.88. The van der Waals surface area contributed by atoms with E-state index in [-0.39, 0.29) is 11.8 Å². The van der Waals surface area contributed by atoms with Crippen LogP contribution in [0.2, 0.25) is 10.0 Å². The van der Waals surface area contributed by atoms with Crippen LogP contribution in [-0.2, 0) is 9.59 Å². The first-order valence-electron chi connectivity index (χ1n) is 12.5. The first kappa shape index (κ1) is 28.6. The van der Waals surface area contributed by atoms with Crippen LogP contribution < -0.4 is 10.6 Å². The Bertz CT molecular complexity index is 1670. The molecular formula is C32H23Cl2N3O2S2. The number of rotatable bonds is 9. The number of carbonyl (C=O) groups is 2. The summed E-state index contributed by atoms with van der Waals surface area (Å²) in [5.74, 6) is -0.425. The summed E-state index contributed by atoms with van der Waals surface area (Å²) >= 11 is 15.1. The van der Waals surface area contributed by atoms with E-state index in [4.69, 9.17) is 23.2 Å². The van der Waals surface area contributed by atoms with Crippen molar-refractivity contribution in [2.75, 3.05) is 10.6 Å². The number of nitrogens with one attached hydrogen (secondary N) is 2. The first-order valence-corrected chi connectivity index (χ1v) is 15.0. The quantitative estimate of drug-likeness (QED) is 0.128. The summed E-state index contributed by atoms with van der Waals surface area (Å²) in [4.78, 5) is 31.3. The number of amides is 2. The Hall–Kier alpha value is -3.88. The Morgan fingerprint density at radius 2 is 1.56 bits per heavy atom. The molecule has 0 aliphatic carbocycles. The number of nitrogens with zero attached hydrogens (tertiary/aromatic N) is 1. The lowest BCUT2D eigenvalue weighted by Crippen LogP contribution is -2.19. The van der Waals surface area contributed by atoms with Crippen LogP contribution in [0.4, 0.5) is 10.8 Å². The number of hydrogen-bond acceptors (Lipinski definition) is 5. The second kappa shape index (κ2) is 13.7. The van der Waals surface area contributed by atoms with Gasteiger partial charge in [0, 0.05) is 32.6 Å². The minimum Gasteiger partial charge on any atom is -0.323 e. The first-order chi connectivity index (χ1) is 19.9. The van der Waals surface area contributed by atoms with Crippen molar-refractivity contribution >= 4 is 75.0 Å². The van der Waals surface area contributed by atoms with Crippen molar-refractivity contribution in [2.24, 2.45) is 0 Å². The molecule has 0 saturated carbocycles. The summed E-state index contributed by atoms with van der Waals surface area (Å²) in [6, 6.07) is 31.8. The van der Waals surface area contributed by atoms with Crippen molar-refractivity contribution in [3.8, 4) is 11.3 Å². The maximum Gasteiger partial charge on any atom is 0.248 e. The summed E-state index contributed by atoms with van der Waals surface area (Å²) in [6.07, 6.45) is 3.26. The monoisotopic (exact) mass is 615 g/mol. The van der Waals surface area contributed by atoms with Crippen molar-refractivity contribution in [2.45, 2.75) is 10.1 Å². The topological polar surface area (TPSA) is 71.1 Å². The van der Waals surface area contributed by atoms with Crippen LogP contribution in [0.15, 0.2) is 119 Å². The van der Waals surface area contributed by atoms with E-state index in [1.165, 1.54) is 29.2 Å². The van der Waals surface area contributed by atoms with Crippen LogP contribution in [-0.4, -0.2) is 16.8 Å². The molecule has 0 spiro atoms. The average Bonchev–Trinajstić information content (AvgIpc) is 3.44. The summed E-state index contributed by atoms with van der Waals surface area (Å²) in [5, 5.41) is 8.64. The van der Waals surface area contributed by atoms with E-state index in [0.29, 0.717) is 26.6 Å². The second-order valence-electron chi connectivity index (χ2n) is 8.82. The van der Waals surface area contributed by atoms with Gasteiger partial charge in [0.05, 0.1) is 10.7 Å². The summed E-state index contributed by atoms with van der Waals surface area (Å²) in [6.45, 7) is 0. The van der Waals surface area contributed by atoms with Crippen molar-refractivity contribution in [1.29, 1.82) is 0 Å². The van der Waals surface area contributed by atoms with Crippen molar-refractivity contribution in [3.63, 3.8) is 0 Å². The third-order valence-corrected chi connectivity index (χ3v) is 8.46. The zero-order valence-corrected chi connectivity index (χ0v) is 24.6. The van der Waals surface area contributed by atoms with Crippen LogP contribution in [0, 0.1) is 0 Å². The fourth-order valence-corrected chi connectivity index (χ4v) is 6.14. The van der Waals surface area contributed by atoms with Crippen molar-refractivity contribution < 1.29 is 9.59 Å². The summed E-state index contributed by atoms with van der Waals surface area (Å²) in [7, 11) is 0. The Balaban J connectivity index is 1.27. The predicted molar refractivity (Wildman–Crippen MR) is 172 cm³/mol. The molecule has 0 aliphatic heterocycles. The standard InChI is InChI=1S/C32H23Cl2N3O2S2/c33-23-12-17-26(27(34)19-23)28-20-40-32(36-28)37-31(39)30(22-9-5-2-6-10-22)41-25-15-13-24(14-16-25)35-29(38)18-11-21-7-3-1-4-8-21/h1-20,30H,(H,35,38)(H,36,37,39)/b18-11+. The Kier molecular flexibility index (Phi) is 9.54. The van der Waals surface area contributed by atoms with Gasteiger partial charge >= 0.3 is 0 Å². The van der Waals surface area contributed by atoms with E-state index >= 15 is 0 Å². The maximum absolute atomic E-state index is 13.5. The highest BCUT2D eigenvalue weighted by atomic mass is 35.5. The lowest BCUT2D eigenvalue weighted by molar-refractivity contribution is -0.116. The largest absolute Gasteiger partial charge is 0.323 e. The molecular weight excluding hydrogens is 593 g/mol. The van der Waals surface area contributed by atoms with E-state index < -0.39 is 5.25 Å². The van der Waals surface area contributed by atoms with E-state index in [9.17, 15) is 9.59 Å². The van der Waals surface area contributed by atoms with Gasteiger partial charge < -0.3 is 10.6 Å². The molecule has 204 valence electrons. The molecule has 5 nitrogen and oxygen atoms in total. The number of thiazole rings is 1. The molecule has 1 atom stereocenters. The van der Waals surface area contributed by atoms with Gasteiger partial charge in [-0.3, -0.25) is 9.59 Å². The molecule has 0 saturated heterocycles. The van der Waals surface area contributed by atoms with Gasteiger partial charge in [-0.25, -0.2) is 4.98 Å². The molecule has 1 aromatic heterocycles. The molecule has 0 radical (unpaired) electrons. The zero-order chi connectivity index (χ0) is 28.6. The van der Waals surface area contributed by atoms with Crippen LogP contribution in [0.25, 0.3) is 17.3 Å². The summed E-state index contributed by atoms with van der Waals surface area (Å²) < 4.78 is 0. The van der Waals surface area contributed by atoms with E-state index in [0.717, 1.165) is 21.6 Å². The Morgan fingerprint density at radius 3 is 2.27 bits per heavy atom. The number of halogens is 2. The molecule has 41 heavy (non-hydrogen) atoms. The molecule has 5 aromatic rings. The fourth-order valence-electron chi connectivity index (χ4n) is 3.90. The molecule has 2 N–H and O–H groups in total. The zero-order valence-electron chi connectivity index (χ0n) is 21.5. The average molecular weight is 617 g/mol. The van der Waals surface area contributed by atoms with Gasteiger partial charge in [-0.1, -0.05) is 83.9 Å². The predicted octanol–water partition coefficient (Wildman–Crippen LogP) is 9.24. The van der Waals surface area contributed by atoms with Crippen LogP contribution in [0.5, 0.6) is 0 Å². The SMILES string of the molecule is O=C(/C=C/c1ccccc1)Nc1ccc(SC(C(=O)Nc2nc(-c3ccc(Cl)cc3Cl)cs2)c2ccccc2)cc1. The number of thioether (sulfide) groups is 1. The maximum atomic E-state index is 13.5. The number of hydrogen-bond donors (Lipinski definition) is 2. The highest BCUT2D eigenvalue weighted by Gasteiger charge is 2.23. The molecule has 9 heteroatoms. The third kappa shape index (κ3) is 7.86. The van der Waals surface area contributed by atoms with Crippen molar-refractivity contribution in [1.82, 2.24) is 4.98 Å². The van der Waals surface area contributed by atoms with Crippen molar-refractivity contribution in [3.05, 3.63) is 136 Å². The van der Waals surface area contributed by atoms with Gasteiger partial charge in [0.2, 0.25) is 11.8 Å².